The van der Waals surface area contributed by atoms with E-state index in [1.807, 2.05) is 20.8 Å². The van der Waals surface area contributed by atoms with E-state index in [2.05, 4.69) is 5.32 Å². The number of rotatable bonds is 3. The van der Waals surface area contributed by atoms with Crippen LogP contribution in [-0.4, -0.2) is 55.0 Å². The fourth-order valence-electron chi connectivity index (χ4n) is 3.41. The van der Waals surface area contributed by atoms with Crippen molar-refractivity contribution in [1.82, 2.24) is 10.2 Å². The Morgan fingerprint density at radius 1 is 1.14 bits per heavy atom. The second-order valence-electron chi connectivity index (χ2n) is 7.60. The van der Waals surface area contributed by atoms with Gasteiger partial charge in [-0.1, -0.05) is 19.3 Å². The van der Waals surface area contributed by atoms with E-state index in [1.165, 1.54) is 32.1 Å². The molecule has 22 heavy (non-hydrogen) atoms. The molecule has 0 aromatic heterocycles. The lowest BCUT2D eigenvalue weighted by molar-refractivity contribution is -0.0205. The fraction of sp³-hybridized carbons (Fsp3) is 0.941. The molecule has 5 nitrogen and oxygen atoms in total. The number of amides is 1. The summed E-state index contributed by atoms with van der Waals surface area (Å²) < 4.78 is 11.1. The Labute approximate surface area is 134 Å². The first-order valence-corrected chi connectivity index (χ1v) is 8.66. The van der Waals surface area contributed by atoms with Crippen molar-refractivity contribution < 1.29 is 14.3 Å². The molecular formula is C17H32N2O3. The molecule has 2 rings (SSSR count). The molecule has 2 atom stereocenters. The van der Waals surface area contributed by atoms with Crippen molar-refractivity contribution in [1.29, 1.82) is 0 Å². The Morgan fingerprint density at radius 2 is 1.82 bits per heavy atom. The summed E-state index contributed by atoms with van der Waals surface area (Å²) in [5, 5.41) is 3.76. The highest BCUT2D eigenvalue weighted by molar-refractivity contribution is 5.68. The van der Waals surface area contributed by atoms with Gasteiger partial charge in [-0.3, -0.25) is 0 Å². The summed E-state index contributed by atoms with van der Waals surface area (Å²) in [6, 6.07) is 0.955. The molecule has 1 amide bonds. The number of ether oxygens (including phenoxy) is 2. The lowest BCUT2D eigenvalue weighted by Crippen LogP contribution is -2.57. The van der Waals surface area contributed by atoms with Crippen LogP contribution in [0.1, 0.15) is 59.3 Å². The Balaban J connectivity index is 1.86. The van der Waals surface area contributed by atoms with E-state index in [0.29, 0.717) is 18.6 Å². The maximum atomic E-state index is 12.2. The minimum Gasteiger partial charge on any atom is -0.444 e. The third kappa shape index (κ3) is 5.13. The van der Waals surface area contributed by atoms with E-state index >= 15 is 0 Å². The summed E-state index contributed by atoms with van der Waals surface area (Å²) in [5.74, 6) is 0. The largest absolute Gasteiger partial charge is 0.444 e. The summed E-state index contributed by atoms with van der Waals surface area (Å²) >= 11 is 0. The molecule has 2 unspecified atom stereocenters. The summed E-state index contributed by atoms with van der Waals surface area (Å²) in [7, 11) is 1.73. The van der Waals surface area contributed by atoms with E-state index in [0.717, 1.165) is 13.0 Å². The zero-order valence-electron chi connectivity index (χ0n) is 14.6. The molecule has 1 aliphatic carbocycles. The van der Waals surface area contributed by atoms with Crippen molar-refractivity contribution in [3.63, 3.8) is 0 Å². The van der Waals surface area contributed by atoms with E-state index in [-0.39, 0.29) is 12.2 Å². The number of piperidine rings is 1. The monoisotopic (exact) mass is 312 g/mol. The highest BCUT2D eigenvalue weighted by atomic mass is 16.6. The third-order valence-electron chi connectivity index (χ3n) is 4.57. The first-order chi connectivity index (χ1) is 10.4. The van der Waals surface area contributed by atoms with Crippen LogP contribution in [0.2, 0.25) is 0 Å². The molecule has 1 saturated heterocycles. The predicted molar refractivity (Wildman–Crippen MR) is 87.0 cm³/mol. The van der Waals surface area contributed by atoms with Crippen LogP contribution < -0.4 is 5.32 Å². The molecule has 2 fully saturated rings. The van der Waals surface area contributed by atoms with Crippen LogP contribution in [0.25, 0.3) is 0 Å². The highest BCUT2D eigenvalue weighted by Crippen LogP contribution is 2.22. The van der Waals surface area contributed by atoms with Crippen LogP contribution in [0.5, 0.6) is 0 Å². The Bertz CT molecular complexity index is 361. The van der Waals surface area contributed by atoms with Crippen molar-refractivity contribution in [3.8, 4) is 0 Å². The second kappa shape index (κ2) is 7.64. The zero-order valence-corrected chi connectivity index (χ0v) is 14.6. The van der Waals surface area contributed by atoms with Gasteiger partial charge in [-0.15, -0.1) is 0 Å². The molecule has 0 aromatic rings. The van der Waals surface area contributed by atoms with Crippen LogP contribution >= 0.6 is 0 Å². The van der Waals surface area contributed by atoms with Gasteiger partial charge in [0.05, 0.1) is 12.6 Å². The molecule has 1 N–H and O–H groups in total. The standard InChI is InChI=1S/C17H32N2O3/c1-17(2,3)22-16(20)19-11-10-14(15(12-19)21-4)18-13-8-6-5-7-9-13/h13-15,18H,5-12H2,1-4H3. The SMILES string of the molecule is COC1CN(C(=O)OC(C)(C)C)CCC1NC1CCCCC1. The average molecular weight is 312 g/mol. The van der Waals surface area contributed by atoms with Crippen molar-refractivity contribution in [2.75, 3.05) is 20.2 Å². The quantitative estimate of drug-likeness (QED) is 0.870. The number of hydrogen-bond acceptors (Lipinski definition) is 4. The van der Waals surface area contributed by atoms with E-state index in [9.17, 15) is 4.79 Å². The molecule has 128 valence electrons. The van der Waals surface area contributed by atoms with E-state index in [4.69, 9.17) is 9.47 Å². The molecule has 1 heterocycles. The summed E-state index contributed by atoms with van der Waals surface area (Å²) in [6.07, 6.45) is 7.29. The zero-order chi connectivity index (χ0) is 16.2. The maximum absolute atomic E-state index is 12.2. The van der Waals surface area contributed by atoms with Crippen molar-refractivity contribution >= 4 is 6.09 Å². The lowest BCUT2D eigenvalue weighted by Gasteiger charge is -2.40. The molecule has 0 aromatic carbocycles. The maximum Gasteiger partial charge on any atom is 0.410 e. The van der Waals surface area contributed by atoms with Crippen LogP contribution in [-0.2, 0) is 9.47 Å². The Morgan fingerprint density at radius 3 is 2.41 bits per heavy atom. The van der Waals surface area contributed by atoms with Crippen molar-refractivity contribution in [3.05, 3.63) is 0 Å². The summed E-state index contributed by atoms with van der Waals surface area (Å²) in [5.41, 5.74) is -0.448. The topological polar surface area (TPSA) is 50.8 Å². The van der Waals surface area contributed by atoms with Gasteiger partial charge in [0.1, 0.15) is 5.60 Å². The van der Waals surface area contributed by atoms with Gasteiger partial charge >= 0.3 is 6.09 Å². The van der Waals surface area contributed by atoms with Crippen LogP contribution in [0.15, 0.2) is 0 Å². The molecule has 1 saturated carbocycles. The van der Waals surface area contributed by atoms with Crippen LogP contribution in [0, 0.1) is 0 Å². The van der Waals surface area contributed by atoms with Crippen molar-refractivity contribution in [2.24, 2.45) is 0 Å². The molecule has 1 aliphatic heterocycles. The van der Waals surface area contributed by atoms with Crippen molar-refractivity contribution in [2.45, 2.75) is 83.1 Å². The van der Waals surface area contributed by atoms with Gasteiger partial charge in [0.2, 0.25) is 0 Å². The molecule has 0 spiro atoms. The van der Waals surface area contributed by atoms with Gasteiger partial charge in [-0.25, -0.2) is 4.79 Å². The first kappa shape index (κ1) is 17.5. The Hall–Kier alpha value is -0.810. The summed E-state index contributed by atoms with van der Waals surface area (Å²) in [6.45, 7) is 7.04. The number of likely N-dealkylation sites (tertiary alicyclic amines) is 1. The van der Waals surface area contributed by atoms with E-state index in [1.54, 1.807) is 12.0 Å². The highest BCUT2D eigenvalue weighted by Gasteiger charge is 2.34. The van der Waals surface area contributed by atoms with Gasteiger partial charge in [0.25, 0.3) is 0 Å². The number of hydrogen-bond donors (Lipinski definition) is 1. The lowest BCUT2D eigenvalue weighted by atomic mass is 9.93. The predicted octanol–water partition coefficient (Wildman–Crippen LogP) is 2.93. The number of methoxy groups -OCH3 is 1. The molecular weight excluding hydrogens is 280 g/mol. The van der Waals surface area contributed by atoms with Gasteiger partial charge in [-0.2, -0.15) is 0 Å². The van der Waals surface area contributed by atoms with Gasteiger partial charge < -0.3 is 19.7 Å². The third-order valence-corrected chi connectivity index (χ3v) is 4.57. The van der Waals surface area contributed by atoms with Crippen LogP contribution in [0.3, 0.4) is 0 Å². The number of carbonyl (C=O) groups excluding carboxylic acids is 1. The normalized spacial score (nSPS) is 27.7. The minimum atomic E-state index is -0.448. The summed E-state index contributed by atoms with van der Waals surface area (Å²) in [4.78, 5) is 14.0. The molecule has 5 heteroatoms. The van der Waals surface area contributed by atoms with Gasteiger partial charge in [-0.05, 0) is 40.0 Å². The van der Waals surface area contributed by atoms with Gasteiger partial charge in [0, 0.05) is 25.7 Å². The van der Waals surface area contributed by atoms with Gasteiger partial charge in [0.15, 0.2) is 0 Å². The second-order valence-corrected chi connectivity index (χ2v) is 7.60. The minimum absolute atomic E-state index is 0.0446. The van der Waals surface area contributed by atoms with E-state index < -0.39 is 5.60 Å². The fourth-order valence-corrected chi connectivity index (χ4v) is 3.41. The Kier molecular flexibility index (Phi) is 6.09. The number of nitrogens with one attached hydrogen (secondary N) is 1. The average Bonchev–Trinajstić information content (AvgIpc) is 2.47. The first-order valence-electron chi connectivity index (χ1n) is 8.66. The van der Waals surface area contributed by atoms with Crippen LogP contribution in [0.4, 0.5) is 4.79 Å². The number of nitrogens with zero attached hydrogens (tertiary/aromatic N) is 1. The molecule has 0 bridgehead atoms. The number of carbonyl (C=O) groups is 1. The molecule has 2 aliphatic rings. The smallest absolute Gasteiger partial charge is 0.410 e. The molecule has 0 radical (unpaired) electrons.